The van der Waals surface area contributed by atoms with Crippen molar-refractivity contribution in [1.29, 1.82) is 0 Å². The molecule has 2 nitrogen and oxygen atoms in total. The molecule has 0 bridgehead atoms. The van der Waals surface area contributed by atoms with Crippen molar-refractivity contribution in [2.75, 3.05) is 19.6 Å². The number of piperidine rings is 1. The van der Waals surface area contributed by atoms with Crippen molar-refractivity contribution in [3.8, 4) is 0 Å². The van der Waals surface area contributed by atoms with Crippen molar-refractivity contribution in [2.24, 2.45) is 0 Å². The Labute approximate surface area is 69.0 Å². The molecule has 1 aliphatic heterocycles. The van der Waals surface area contributed by atoms with Crippen LogP contribution in [0.3, 0.4) is 0 Å². The fourth-order valence-corrected chi connectivity index (χ4v) is 1.43. The van der Waals surface area contributed by atoms with Crippen LogP contribution in [0.4, 0.5) is 13.2 Å². The molecule has 0 saturated carbocycles. The van der Waals surface area contributed by atoms with Gasteiger partial charge in [0.2, 0.25) is 0 Å². The molecular weight excluding hydrogens is 171 g/mol. The Kier molecular flexibility index (Phi) is 2.95. The van der Waals surface area contributed by atoms with Crippen molar-refractivity contribution < 1.29 is 18.3 Å². The minimum absolute atomic E-state index is 0.152. The van der Waals surface area contributed by atoms with Crippen molar-refractivity contribution in [3.05, 3.63) is 0 Å². The number of aliphatic hydroxyl groups excluding tert-OH is 1. The molecule has 1 unspecified atom stereocenters. The van der Waals surface area contributed by atoms with E-state index in [4.69, 9.17) is 5.11 Å². The van der Waals surface area contributed by atoms with E-state index in [2.05, 4.69) is 0 Å². The highest BCUT2D eigenvalue weighted by molar-refractivity contribution is 4.73. The first-order chi connectivity index (χ1) is 5.47. The Morgan fingerprint density at radius 3 is 2.58 bits per heavy atom. The third kappa shape index (κ3) is 3.40. The van der Waals surface area contributed by atoms with Crippen LogP contribution in [-0.2, 0) is 0 Å². The van der Waals surface area contributed by atoms with Gasteiger partial charge in [-0.25, -0.2) is 0 Å². The van der Waals surface area contributed by atoms with Crippen LogP contribution in [-0.4, -0.2) is 41.9 Å². The van der Waals surface area contributed by atoms with Crippen LogP contribution in [0, 0.1) is 0 Å². The van der Waals surface area contributed by atoms with Gasteiger partial charge in [-0.1, -0.05) is 0 Å². The van der Waals surface area contributed by atoms with Crippen molar-refractivity contribution in [1.82, 2.24) is 4.90 Å². The maximum Gasteiger partial charge on any atom is 0.401 e. The fraction of sp³-hybridized carbons (Fsp3) is 1.00. The molecule has 0 amide bonds. The van der Waals surface area contributed by atoms with Gasteiger partial charge in [-0.2, -0.15) is 13.2 Å². The summed E-state index contributed by atoms with van der Waals surface area (Å²) in [7, 11) is 0. The topological polar surface area (TPSA) is 23.5 Å². The second-order valence-electron chi connectivity index (χ2n) is 3.15. The molecule has 1 N–H and O–H groups in total. The highest BCUT2D eigenvalue weighted by Crippen LogP contribution is 2.19. The minimum atomic E-state index is -4.14. The quantitative estimate of drug-likeness (QED) is 0.655. The summed E-state index contributed by atoms with van der Waals surface area (Å²) in [4.78, 5) is 1.24. The molecule has 0 aliphatic carbocycles. The number of likely N-dealkylation sites (tertiary alicyclic amines) is 1. The van der Waals surface area contributed by atoms with Gasteiger partial charge >= 0.3 is 6.18 Å². The summed E-state index contributed by atoms with van der Waals surface area (Å²) in [6, 6.07) is 0. The molecule has 0 aromatic rings. The second-order valence-corrected chi connectivity index (χ2v) is 3.15. The van der Waals surface area contributed by atoms with Crippen molar-refractivity contribution in [3.63, 3.8) is 0 Å². The molecule has 1 heterocycles. The Balaban J connectivity index is 2.32. The van der Waals surface area contributed by atoms with Gasteiger partial charge in [0.15, 0.2) is 0 Å². The maximum absolute atomic E-state index is 11.8. The van der Waals surface area contributed by atoms with Crippen LogP contribution in [0.25, 0.3) is 0 Å². The summed E-state index contributed by atoms with van der Waals surface area (Å²) < 4.78 is 35.5. The minimum Gasteiger partial charge on any atom is -0.392 e. The highest BCUT2D eigenvalue weighted by Gasteiger charge is 2.32. The van der Waals surface area contributed by atoms with Crippen LogP contribution < -0.4 is 0 Å². The van der Waals surface area contributed by atoms with E-state index in [9.17, 15) is 13.2 Å². The standard InChI is InChI=1S/C7H12F3NO/c8-7(9,10)5-11-3-1-2-6(12)4-11/h6,12H,1-5H2. The first-order valence-corrected chi connectivity index (χ1v) is 3.94. The lowest BCUT2D eigenvalue weighted by Crippen LogP contribution is -2.43. The SMILES string of the molecule is OC1CCCN(CC(F)(F)F)C1. The van der Waals surface area contributed by atoms with Crippen molar-refractivity contribution in [2.45, 2.75) is 25.1 Å². The number of halogens is 3. The molecule has 1 saturated heterocycles. The summed E-state index contributed by atoms with van der Waals surface area (Å²) in [5.74, 6) is 0. The first-order valence-electron chi connectivity index (χ1n) is 3.94. The average molecular weight is 183 g/mol. The van der Waals surface area contributed by atoms with Gasteiger partial charge in [-0.15, -0.1) is 0 Å². The molecule has 0 radical (unpaired) electrons. The predicted octanol–water partition coefficient (Wildman–Crippen LogP) is 1.01. The van der Waals surface area contributed by atoms with Gasteiger partial charge in [0.05, 0.1) is 12.6 Å². The molecule has 5 heteroatoms. The predicted molar refractivity (Wildman–Crippen MR) is 37.7 cm³/mol. The lowest BCUT2D eigenvalue weighted by Gasteiger charge is -2.30. The van der Waals surface area contributed by atoms with E-state index >= 15 is 0 Å². The molecule has 1 aliphatic rings. The van der Waals surface area contributed by atoms with E-state index < -0.39 is 18.8 Å². The van der Waals surface area contributed by atoms with E-state index in [0.717, 1.165) is 0 Å². The molecule has 1 fully saturated rings. The van der Waals surface area contributed by atoms with E-state index in [1.807, 2.05) is 0 Å². The molecular formula is C7H12F3NO. The van der Waals surface area contributed by atoms with Crippen LogP contribution in [0.2, 0.25) is 0 Å². The average Bonchev–Trinajstić information content (AvgIpc) is 1.82. The molecule has 12 heavy (non-hydrogen) atoms. The number of β-amino-alcohol motifs (C(OH)–C–C–N with tert-alkyl or cyclic N) is 1. The van der Waals surface area contributed by atoms with E-state index in [-0.39, 0.29) is 6.54 Å². The number of rotatable bonds is 1. The van der Waals surface area contributed by atoms with E-state index in [1.165, 1.54) is 4.90 Å². The highest BCUT2D eigenvalue weighted by atomic mass is 19.4. The summed E-state index contributed by atoms with van der Waals surface area (Å²) >= 11 is 0. The molecule has 72 valence electrons. The van der Waals surface area contributed by atoms with Gasteiger partial charge in [0.25, 0.3) is 0 Å². The van der Waals surface area contributed by atoms with Crippen LogP contribution in [0.1, 0.15) is 12.8 Å². The van der Waals surface area contributed by atoms with Gasteiger partial charge < -0.3 is 5.11 Å². The summed E-state index contributed by atoms with van der Waals surface area (Å²) in [6.07, 6.45) is -3.45. The van der Waals surface area contributed by atoms with Gasteiger partial charge in [-0.3, -0.25) is 4.90 Å². The Morgan fingerprint density at radius 1 is 1.42 bits per heavy atom. The molecule has 0 aromatic heterocycles. The Hall–Kier alpha value is -0.290. The number of alkyl halides is 3. The number of aliphatic hydroxyl groups is 1. The number of hydrogen-bond acceptors (Lipinski definition) is 2. The summed E-state index contributed by atoms with van der Waals surface area (Å²) in [5.41, 5.74) is 0. The Morgan fingerprint density at radius 2 is 2.08 bits per heavy atom. The number of nitrogens with zero attached hydrogens (tertiary/aromatic N) is 1. The third-order valence-corrected chi connectivity index (χ3v) is 1.88. The largest absolute Gasteiger partial charge is 0.401 e. The smallest absolute Gasteiger partial charge is 0.392 e. The van der Waals surface area contributed by atoms with Gasteiger partial charge in [-0.05, 0) is 19.4 Å². The van der Waals surface area contributed by atoms with Crippen molar-refractivity contribution >= 4 is 0 Å². The van der Waals surface area contributed by atoms with Crippen LogP contribution in [0.5, 0.6) is 0 Å². The molecule has 1 rings (SSSR count). The van der Waals surface area contributed by atoms with E-state index in [1.54, 1.807) is 0 Å². The fourth-order valence-electron chi connectivity index (χ4n) is 1.43. The van der Waals surface area contributed by atoms with Gasteiger partial charge in [0, 0.05) is 6.54 Å². The van der Waals surface area contributed by atoms with Crippen LogP contribution >= 0.6 is 0 Å². The summed E-state index contributed by atoms with van der Waals surface area (Å²) in [6.45, 7) is -0.305. The zero-order chi connectivity index (χ0) is 9.19. The van der Waals surface area contributed by atoms with Gasteiger partial charge in [0.1, 0.15) is 0 Å². The lowest BCUT2D eigenvalue weighted by molar-refractivity contribution is -0.151. The molecule has 1 atom stereocenters. The summed E-state index contributed by atoms with van der Waals surface area (Å²) in [5, 5.41) is 9.07. The number of hydrogen-bond donors (Lipinski definition) is 1. The third-order valence-electron chi connectivity index (χ3n) is 1.88. The second kappa shape index (κ2) is 3.62. The van der Waals surface area contributed by atoms with Crippen LogP contribution in [0.15, 0.2) is 0 Å². The van der Waals surface area contributed by atoms with E-state index in [0.29, 0.717) is 19.4 Å². The zero-order valence-corrected chi connectivity index (χ0v) is 6.64. The maximum atomic E-state index is 11.8. The normalized spacial score (nSPS) is 27.5. The molecule has 0 aromatic carbocycles. The Bertz CT molecular complexity index is 148. The lowest BCUT2D eigenvalue weighted by atomic mass is 10.1. The zero-order valence-electron chi connectivity index (χ0n) is 6.64. The molecule has 0 spiro atoms. The monoisotopic (exact) mass is 183 g/mol. The first kappa shape index (κ1) is 9.80.